The molecule has 1 aliphatic carbocycles. The molecule has 1 aliphatic rings. The minimum absolute atomic E-state index is 0.107. The van der Waals surface area contributed by atoms with Crippen LogP contribution in [0.5, 0.6) is 5.75 Å². The molecule has 0 saturated heterocycles. The van der Waals surface area contributed by atoms with Gasteiger partial charge in [0.2, 0.25) is 10.0 Å². The number of nitrogens with two attached hydrogens (primary N) is 1. The first kappa shape index (κ1) is 16.5. The molecule has 3 N–H and O–H groups in total. The maximum atomic E-state index is 12.6. The fourth-order valence-electron chi connectivity index (χ4n) is 2.77. The number of nitrogens with one attached hydrogen (secondary N) is 1. The number of halogens is 1. The lowest BCUT2D eigenvalue weighted by atomic mass is 9.85. The Morgan fingerprint density at radius 1 is 1.38 bits per heavy atom. The Labute approximate surface area is 130 Å². The van der Waals surface area contributed by atoms with Crippen LogP contribution in [0.2, 0.25) is 5.02 Å². The molecule has 0 bridgehead atoms. The first-order valence-corrected chi connectivity index (χ1v) is 8.90. The molecule has 1 aromatic rings. The molecule has 0 spiro atoms. The average Bonchev–Trinajstić information content (AvgIpc) is 2.47. The predicted octanol–water partition coefficient (Wildman–Crippen LogP) is 2.14. The van der Waals surface area contributed by atoms with E-state index in [-0.39, 0.29) is 22.6 Å². The zero-order valence-electron chi connectivity index (χ0n) is 12.0. The van der Waals surface area contributed by atoms with Gasteiger partial charge in [0.1, 0.15) is 10.6 Å². The molecule has 5 nitrogen and oxygen atoms in total. The van der Waals surface area contributed by atoms with Gasteiger partial charge in [-0.1, -0.05) is 24.4 Å². The summed E-state index contributed by atoms with van der Waals surface area (Å²) in [4.78, 5) is 0.107. The molecule has 21 heavy (non-hydrogen) atoms. The van der Waals surface area contributed by atoms with Crippen molar-refractivity contribution < 1.29 is 13.2 Å². The molecule has 0 aliphatic heterocycles. The van der Waals surface area contributed by atoms with Crippen molar-refractivity contribution in [2.45, 2.75) is 36.6 Å². The van der Waals surface area contributed by atoms with Crippen LogP contribution in [0, 0.1) is 5.92 Å². The van der Waals surface area contributed by atoms with Crippen molar-refractivity contribution in [1.82, 2.24) is 4.72 Å². The minimum atomic E-state index is -3.65. The van der Waals surface area contributed by atoms with Gasteiger partial charge in [0.25, 0.3) is 0 Å². The molecular formula is C14H21ClN2O3S. The number of hydrogen-bond acceptors (Lipinski definition) is 4. The number of sulfonamides is 1. The van der Waals surface area contributed by atoms with E-state index in [9.17, 15) is 8.42 Å². The van der Waals surface area contributed by atoms with Crippen molar-refractivity contribution in [3.05, 3.63) is 23.2 Å². The summed E-state index contributed by atoms with van der Waals surface area (Å²) in [6.45, 7) is 0.491. The molecule has 0 radical (unpaired) electrons. The molecule has 1 fully saturated rings. The quantitative estimate of drug-likeness (QED) is 0.865. The van der Waals surface area contributed by atoms with E-state index < -0.39 is 10.0 Å². The Morgan fingerprint density at radius 3 is 2.76 bits per heavy atom. The Balaban J connectivity index is 2.25. The van der Waals surface area contributed by atoms with Crippen LogP contribution in [0.1, 0.15) is 25.7 Å². The lowest BCUT2D eigenvalue weighted by Gasteiger charge is -2.31. The monoisotopic (exact) mass is 332 g/mol. The predicted molar refractivity (Wildman–Crippen MR) is 83.1 cm³/mol. The number of benzene rings is 1. The minimum Gasteiger partial charge on any atom is -0.495 e. The van der Waals surface area contributed by atoms with Crippen LogP contribution >= 0.6 is 11.6 Å². The summed E-state index contributed by atoms with van der Waals surface area (Å²) in [5.41, 5.74) is 5.75. The molecule has 1 aromatic carbocycles. The fourth-order valence-corrected chi connectivity index (χ4v) is 4.42. The highest BCUT2D eigenvalue weighted by Crippen LogP contribution is 2.29. The summed E-state index contributed by atoms with van der Waals surface area (Å²) in [5, 5.41) is 0.434. The van der Waals surface area contributed by atoms with Gasteiger partial charge in [0, 0.05) is 17.1 Å². The van der Waals surface area contributed by atoms with Crippen molar-refractivity contribution in [3.63, 3.8) is 0 Å². The van der Waals surface area contributed by atoms with Crippen LogP contribution in [-0.4, -0.2) is 28.1 Å². The lowest BCUT2D eigenvalue weighted by molar-refractivity contribution is 0.295. The molecule has 0 aromatic heterocycles. The molecule has 0 heterocycles. The van der Waals surface area contributed by atoms with Gasteiger partial charge in [-0.3, -0.25) is 0 Å². The summed E-state index contributed by atoms with van der Waals surface area (Å²) in [5.74, 6) is 0.432. The highest BCUT2D eigenvalue weighted by atomic mass is 35.5. The normalized spacial score (nSPS) is 23.0. The topological polar surface area (TPSA) is 81.4 Å². The Hall–Kier alpha value is -0.820. The van der Waals surface area contributed by atoms with Crippen LogP contribution in [-0.2, 0) is 10.0 Å². The SMILES string of the molecule is COc1cc(Cl)ccc1S(=O)(=O)NC1CCCCC1CN. The van der Waals surface area contributed by atoms with E-state index in [1.54, 1.807) is 6.07 Å². The van der Waals surface area contributed by atoms with Crippen molar-refractivity contribution in [2.24, 2.45) is 11.7 Å². The van der Waals surface area contributed by atoms with Gasteiger partial charge in [-0.25, -0.2) is 13.1 Å². The van der Waals surface area contributed by atoms with Crippen LogP contribution in [0.25, 0.3) is 0 Å². The third-order valence-electron chi connectivity index (χ3n) is 3.93. The second kappa shape index (κ2) is 6.96. The number of ether oxygens (including phenoxy) is 1. The second-order valence-corrected chi connectivity index (χ2v) is 7.42. The van der Waals surface area contributed by atoms with E-state index in [2.05, 4.69) is 4.72 Å². The average molecular weight is 333 g/mol. The Kier molecular flexibility index (Phi) is 5.48. The highest BCUT2D eigenvalue weighted by Gasteiger charge is 2.30. The van der Waals surface area contributed by atoms with Crippen molar-refractivity contribution >= 4 is 21.6 Å². The Bertz CT molecular complexity index is 592. The zero-order valence-corrected chi connectivity index (χ0v) is 13.6. The van der Waals surface area contributed by atoms with Crippen LogP contribution < -0.4 is 15.2 Å². The molecule has 2 unspecified atom stereocenters. The van der Waals surface area contributed by atoms with Gasteiger partial charge in [0.05, 0.1) is 7.11 Å². The summed E-state index contributed by atoms with van der Waals surface area (Å²) < 4.78 is 33.1. The number of rotatable bonds is 5. The van der Waals surface area contributed by atoms with Gasteiger partial charge in [-0.15, -0.1) is 0 Å². The lowest BCUT2D eigenvalue weighted by Crippen LogP contribution is -2.44. The smallest absolute Gasteiger partial charge is 0.244 e. The van der Waals surface area contributed by atoms with Gasteiger partial charge in [-0.2, -0.15) is 0 Å². The molecule has 2 atom stereocenters. The maximum Gasteiger partial charge on any atom is 0.244 e. The van der Waals surface area contributed by atoms with E-state index in [4.69, 9.17) is 22.1 Å². The molecule has 0 amide bonds. The van der Waals surface area contributed by atoms with E-state index in [1.807, 2.05) is 0 Å². The van der Waals surface area contributed by atoms with Crippen molar-refractivity contribution in [3.8, 4) is 5.75 Å². The van der Waals surface area contributed by atoms with Crippen LogP contribution in [0.4, 0.5) is 0 Å². The van der Waals surface area contributed by atoms with Gasteiger partial charge >= 0.3 is 0 Å². The Morgan fingerprint density at radius 2 is 2.10 bits per heavy atom. The molecule has 7 heteroatoms. The van der Waals surface area contributed by atoms with Crippen LogP contribution in [0.15, 0.2) is 23.1 Å². The first-order valence-electron chi connectivity index (χ1n) is 7.04. The van der Waals surface area contributed by atoms with E-state index in [0.29, 0.717) is 11.6 Å². The molecule has 1 saturated carbocycles. The third-order valence-corrected chi connectivity index (χ3v) is 5.70. The fraction of sp³-hybridized carbons (Fsp3) is 0.571. The summed E-state index contributed by atoms with van der Waals surface area (Å²) in [6.07, 6.45) is 3.89. The van der Waals surface area contributed by atoms with E-state index in [1.165, 1.54) is 19.2 Å². The zero-order chi connectivity index (χ0) is 15.5. The standard InChI is InChI=1S/C14H21ClN2O3S/c1-20-13-8-11(15)6-7-14(13)21(18,19)17-12-5-3-2-4-10(12)9-16/h6-8,10,12,17H,2-5,9,16H2,1H3. The van der Waals surface area contributed by atoms with Gasteiger partial charge in [-0.05, 0) is 37.4 Å². The summed E-state index contributed by atoms with van der Waals surface area (Å²) >= 11 is 5.87. The summed E-state index contributed by atoms with van der Waals surface area (Å²) in [6, 6.07) is 4.38. The van der Waals surface area contributed by atoms with Crippen molar-refractivity contribution in [2.75, 3.05) is 13.7 Å². The largest absolute Gasteiger partial charge is 0.495 e. The first-order chi connectivity index (χ1) is 9.97. The highest BCUT2D eigenvalue weighted by molar-refractivity contribution is 7.89. The molecule has 2 rings (SSSR count). The second-order valence-electron chi connectivity index (χ2n) is 5.30. The molecular weight excluding hydrogens is 312 g/mol. The third kappa shape index (κ3) is 3.88. The van der Waals surface area contributed by atoms with E-state index in [0.717, 1.165) is 25.7 Å². The summed E-state index contributed by atoms with van der Waals surface area (Å²) in [7, 11) is -2.23. The van der Waals surface area contributed by atoms with E-state index >= 15 is 0 Å². The van der Waals surface area contributed by atoms with Crippen molar-refractivity contribution in [1.29, 1.82) is 0 Å². The molecule has 118 valence electrons. The van der Waals surface area contributed by atoms with Crippen LogP contribution in [0.3, 0.4) is 0 Å². The number of hydrogen-bond donors (Lipinski definition) is 2. The van der Waals surface area contributed by atoms with Gasteiger partial charge < -0.3 is 10.5 Å². The van der Waals surface area contributed by atoms with Gasteiger partial charge in [0.15, 0.2) is 0 Å². The maximum absolute atomic E-state index is 12.6. The number of methoxy groups -OCH3 is 1.